The van der Waals surface area contributed by atoms with Crippen LogP contribution in [0.5, 0.6) is 0 Å². The first kappa shape index (κ1) is 12.8. The molecule has 0 spiro atoms. The standard InChI is InChI=1S/C9H20O4/c1-3-5-6-9(4-2,7(10)11)8(12)13/h7-8,10-13H,3-6H2,1-2H3. The van der Waals surface area contributed by atoms with Crippen LogP contribution in [0.3, 0.4) is 0 Å². The number of aliphatic hydroxyl groups is 4. The van der Waals surface area contributed by atoms with E-state index in [1.54, 1.807) is 6.92 Å². The molecule has 0 fully saturated rings. The summed E-state index contributed by atoms with van der Waals surface area (Å²) in [5.41, 5.74) is -1.18. The van der Waals surface area contributed by atoms with E-state index in [0.717, 1.165) is 12.8 Å². The Kier molecular flexibility index (Phi) is 5.48. The summed E-state index contributed by atoms with van der Waals surface area (Å²) < 4.78 is 0. The maximum absolute atomic E-state index is 9.10. The summed E-state index contributed by atoms with van der Waals surface area (Å²) in [6, 6.07) is 0. The fourth-order valence-electron chi connectivity index (χ4n) is 1.44. The van der Waals surface area contributed by atoms with Crippen LogP contribution in [0.15, 0.2) is 0 Å². The highest BCUT2D eigenvalue weighted by Crippen LogP contribution is 2.34. The molecule has 0 radical (unpaired) electrons. The van der Waals surface area contributed by atoms with Gasteiger partial charge in [-0.15, -0.1) is 0 Å². The maximum Gasteiger partial charge on any atom is 0.161 e. The molecule has 0 heterocycles. The average molecular weight is 192 g/mol. The largest absolute Gasteiger partial charge is 0.367 e. The van der Waals surface area contributed by atoms with Crippen LogP contribution in [0.25, 0.3) is 0 Å². The smallest absolute Gasteiger partial charge is 0.161 e. The molecular formula is C9H20O4. The van der Waals surface area contributed by atoms with Crippen LogP contribution in [-0.2, 0) is 0 Å². The molecule has 0 bridgehead atoms. The van der Waals surface area contributed by atoms with Crippen molar-refractivity contribution in [3.8, 4) is 0 Å². The van der Waals surface area contributed by atoms with Gasteiger partial charge in [0.25, 0.3) is 0 Å². The van der Waals surface area contributed by atoms with Crippen LogP contribution in [0.4, 0.5) is 0 Å². The van der Waals surface area contributed by atoms with E-state index in [1.807, 2.05) is 6.92 Å². The third-order valence-corrected chi connectivity index (χ3v) is 2.68. The summed E-state index contributed by atoms with van der Waals surface area (Å²) in [6.45, 7) is 3.68. The third-order valence-electron chi connectivity index (χ3n) is 2.68. The van der Waals surface area contributed by atoms with E-state index in [4.69, 9.17) is 20.4 Å². The van der Waals surface area contributed by atoms with Gasteiger partial charge in [0, 0.05) is 0 Å². The predicted molar refractivity (Wildman–Crippen MR) is 48.7 cm³/mol. The molecule has 0 aromatic heterocycles. The van der Waals surface area contributed by atoms with Gasteiger partial charge < -0.3 is 20.4 Å². The molecule has 0 saturated heterocycles. The van der Waals surface area contributed by atoms with Crippen molar-refractivity contribution in [1.29, 1.82) is 0 Å². The van der Waals surface area contributed by atoms with Crippen molar-refractivity contribution in [2.75, 3.05) is 0 Å². The van der Waals surface area contributed by atoms with E-state index in [0.29, 0.717) is 12.8 Å². The average Bonchev–Trinajstić information content (AvgIpc) is 2.05. The second-order valence-corrected chi connectivity index (χ2v) is 3.44. The van der Waals surface area contributed by atoms with Crippen LogP contribution < -0.4 is 0 Å². The van der Waals surface area contributed by atoms with E-state index in [1.165, 1.54) is 0 Å². The summed E-state index contributed by atoms with van der Waals surface area (Å²) in [4.78, 5) is 0. The molecule has 4 N–H and O–H groups in total. The fraction of sp³-hybridized carbons (Fsp3) is 1.00. The Hall–Kier alpha value is -0.160. The normalized spacial score (nSPS) is 12.9. The summed E-state index contributed by atoms with van der Waals surface area (Å²) in [5, 5.41) is 36.4. The second kappa shape index (κ2) is 5.54. The zero-order valence-corrected chi connectivity index (χ0v) is 8.27. The predicted octanol–water partition coefficient (Wildman–Crippen LogP) is 0.194. The van der Waals surface area contributed by atoms with Crippen molar-refractivity contribution < 1.29 is 20.4 Å². The molecule has 0 aliphatic carbocycles. The van der Waals surface area contributed by atoms with Crippen molar-refractivity contribution in [3.63, 3.8) is 0 Å². The Morgan fingerprint density at radius 2 is 1.46 bits per heavy atom. The van der Waals surface area contributed by atoms with Gasteiger partial charge in [0.1, 0.15) is 0 Å². The zero-order valence-electron chi connectivity index (χ0n) is 8.27. The van der Waals surface area contributed by atoms with Gasteiger partial charge in [-0.05, 0) is 12.8 Å². The Morgan fingerprint density at radius 3 is 1.69 bits per heavy atom. The van der Waals surface area contributed by atoms with E-state index >= 15 is 0 Å². The first-order chi connectivity index (χ1) is 6.01. The Morgan fingerprint density at radius 1 is 1.00 bits per heavy atom. The van der Waals surface area contributed by atoms with E-state index < -0.39 is 18.0 Å². The van der Waals surface area contributed by atoms with Crippen molar-refractivity contribution in [2.24, 2.45) is 5.41 Å². The van der Waals surface area contributed by atoms with Crippen LogP contribution >= 0.6 is 0 Å². The van der Waals surface area contributed by atoms with E-state index in [2.05, 4.69) is 0 Å². The summed E-state index contributed by atoms with van der Waals surface area (Å²) in [5.74, 6) is 0. The van der Waals surface area contributed by atoms with Gasteiger partial charge in [0.2, 0.25) is 0 Å². The van der Waals surface area contributed by atoms with Crippen molar-refractivity contribution in [1.82, 2.24) is 0 Å². The van der Waals surface area contributed by atoms with Crippen LogP contribution in [0.2, 0.25) is 0 Å². The molecule has 0 aromatic rings. The lowest BCUT2D eigenvalue weighted by molar-refractivity contribution is -0.241. The molecule has 4 nitrogen and oxygen atoms in total. The number of aliphatic hydroxyl groups excluding tert-OH is 2. The summed E-state index contributed by atoms with van der Waals surface area (Å²) in [7, 11) is 0. The molecule has 0 rings (SSSR count). The van der Waals surface area contributed by atoms with Crippen molar-refractivity contribution >= 4 is 0 Å². The third kappa shape index (κ3) is 2.91. The summed E-state index contributed by atoms with van der Waals surface area (Å²) in [6.07, 6.45) is -0.963. The molecule has 13 heavy (non-hydrogen) atoms. The highest BCUT2D eigenvalue weighted by atomic mass is 16.5. The van der Waals surface area contributed by atoms with Gasteiger partial charge in [-0.25, -0.2) is 0 Å². The van der Waals surface area contributed by atoms with Crippen molar-refractivity contribution in [2.45, 2.75) is 52.1 Å². The number of unbranched alkanes of at least 4 members (excludes halogenated alkanes) is 1. The van der Waals surface area contributed by atoms with Gasteiger partial charge in [0.15, 0.2) is 12.6 Å². The maximum atomic E-state index is 9.10. The van der Waals surface area contributed by atoms with Crippen LogP contribution in [0, 0.1) is 5.41 Å². The highest BCUT2D eigenvalue weighted by Gasteiger charge is 2.41. The molecular weight excluding hydrogens is 172 g/mol. The Labute approximate surface area is 78.8 Å². The second-order valence-electron chi connectivity index (χ2n) is 3.44. The quantitative estimate of drug-likeness (QED) is 0.453. The van der Waals surface area contributed by atoms with Gasteiger partial charge in [0.05, 0.1) is 5.41 Å². The molecule has 0 amide bonds. The van der Waals surface area contributed by atoms with Gasteiger partial charge >= 0.3 is 0 Å². The molecule has 0 unspecified atom stereocenters. The lowest BCUT2D eigenvalue weighted by atomic mass is 9.79. The molecule has 0 saturated carbocycles. The Bertz CT molecular complexity index is 126. The van der Waals surface area contributed by atoms with Gasteiger partial charge in [-0.3, -0.25) is 0 Å². The van der Waals surface area contributed by atoms with Crippen LogP contribution in [0.1, 0.15) is 39.5 Å². The SMILES string of the molecule is CCCCC(CC)(C(O)O)C(O)O. The minimum absolute atomic E-state index is 0.336. The first-order valence-corrected chi connectivity index (χ1v) is 4.73. The van der Waals surface area contributed by atoms with Gasteiger partial charge in [-0.2, -0.15) is 0 Å². The Balaban J connectivity index is 4.45. The van der Waals surface area contributed by atoms with Gasteiger partial charge in [-0.1, -0.05) is 26.7 Å². The first-order valence-electron chi connectivity index (χ1n) is 4.73. The summed E-state index contributed by atoms with van der Waals surface area (Å²) >= 11 is 0. The highest BCUT2D eigenvalue weighted by molar-refractivity contribution is 4.81. The lowest BCUT2D eigenvalue weighted by Gasteiger charge is -2.35. The van der Waals surface area contributed by atoms with Crippen LogP contribution in [-0.4, -0.2) is 33.0 Å². The van der Waals surface area contributed by atoms with E-state index in [9.17, 15) is 0 Å². The number of rotatable bonds is 6. The number of hydrogen-bond donors (Lipinski definition) is 4. The lowest BCUT2D eigenvalue weighted by Crippen LogP contribution is -2.45. The molecule has 0 aromatic carbocycles. The molecule has 0 atom stereocenters. The minimum atomic E-state index is -1.68. The number of hydrogen-bond acceptors (Lipinski definition) is 4. The fourth-order valence-corrected chi connectivity index (χ4v) is 1.44. The zero-order chi connectivity index (χ0) is 10.5. The van der Waals surface area contributed by atoms with E-state index in [-0.39, 0.29) is 0 Å². The molecule has 0 aliphatic rings. The van der Waals surface area contributed by atoms with Crippen molar-refractivity contribution in [3.05, 3.63) is 0 Å². The topological polar surface area (TPSA) is 80.9 Å². The molecule has 80 valence electrons. The monoisotopic (exact) mass is 192 g/mol. The molecule has 4 heteroatoms. The minimum Gasteiger partial charge on any atom is -0.367 e. The molecule has 0 aliphatic heterocycles.